The molecule has 1 atom stereocenters. The minimum atomic E-state index is 0.550. The summed E-state index contributed by atoms with van der Waals surface area (Å²) in [5.41, 5.74) is 0. The van der Waals surface area contributed by atoms with Gasteiger partial charge in [0, 0.05) is 13.1 Å². The van der Waals surface area contributed by atoms with Gasteiger partial charge in [0.05, 0.1) is 12.7 Å². The molecule has 1 saturated heterocycles. The normalized spacial score (nSPS) is 23.2. The summed E-state index contributed by atoms with van der Waals surface area (Å²) < 4.78 is 5.18. The van der Waals surface area contributed by atoms with E-state index in [2.05, 4.69) is 25.7 Å². The first kappa shape index (κ1) is 9.01. The largest absolute Gasteiger partial charge is 0.372 e. The van der Waals surface area contributed by atoms with Gasteiger partial charge in [-0.2, -0.15) is 0 Å². The predicted octanol–water partition coefficient (Wildman–Crippen LogP) is 1.36. The van der Waals surface area contributed by atoms with Crippen LogP contribution in [0, 0.1) is 5.92 Å². The van der Waals surface area contributed by atoms with Gasteiger partial charge in [0.2, 0.25) is 0 Å². The third-order valence-corrected chi connectivity index (χ3v) is 1.93. The van der Waals surface area contributed by atoms with Crippen molar-refractivity contribution in [3.8, 4) is 0 Å². The van der Waals surface area contributed by atoms with Crippen LogP contribution in [0.1, 0.15) is 20.8 Å². The van der Waals surface area contributed by atoms with Crippen molar-refractivity contribution < 1.29 is 4.74 Å². The number of ether oxygens (including phenoxy) is 1. The van der Waals surface area contributed by atoms with E-state index in [-0.39, 0.29) is 0 Å². The van der Waals surface area contributed by atoms with Gasteiger partial charge in [-0.05, 0) is 12.5 Å². The van der Waals surface area contributed by atoms with E-state index in [9.17, 15) is 0 Å². The van der Waals surface area contributed by atoms with E-state index < -0.39 is 0 Å². The number of hydrogen-bond acceptors (Lipinski definition) is 2. The van der Waals surface area contributed by atoms with Crippen LogP contribution in [0.3, 0.4) is 0 Å². The maximum Gasteiger partial charge on any atom is 0.0936 e. The van der Waals surface area contributed by atoms with Crippen molar-refractivity contribution >= 4 is 0 Å². The zero-order valence-electron chi connectivity index (χ0n) is 7.84. The Morgan fingerprint density at radius 3 is 2.55 bits per heavy atom. The van der Waals surface area contributed by atoms with Crippen molar-refractivity contribution in [1.82, 2.24) is 4.90 Å². The van der Waals surface area contributed by atoms with E-state index in [0.29, 0.717) is 6.10 Å². The molecule has 0 aromatic heterocycles. The van der Waals surface area contributed by atoms with E-state index in [1.807, 2.05) is 0 Å². The fraction of sp³-hybridized carbons (Fsp3) is 1.00. The summed E-state index contributed by atoms with van der Waals surface area (Å²) in [5.74, 6) is 0.772. The van der Waals surface area contributed by atoms with Crippen LogP contribution in [0.5, 0.6) is 0 Å². The average Bonchev–Trinajstić information content (AvgIpc) is 2.69. The second kappa shape index (κ2) is 4.07. The van der Waals surface area contributed by atoms with Crippen LogP contribution in [0.2, 0.25) is 0 Å². The predicted molar refractivity (Wildman–Crippen MR) is 46.7 cm³/mol. The number of likely N-dealkylation sites (N-methyl/N-ethyl adjacent to an activating group) is 1. The third-order valence-electron chi connectivity index (χ3n) is 1.93. The summed E-state index contributed by atoms with van der Waals surface area (Å²) in [4.78, 5) is 2.46. The monoisotopic (exact) mass is 157 g/mol. The summed E-state index contributed by atoms with van der Waals surface area (Å²) >= 11 is 0. The quantitative estimate of drug-likeness (QED) is 0.560. The second-order valence-corrected chi connectivity index (χ2v) is 3.70. The second-order valence-electron chi connectivity index (χ2n) is 3.70. The minimum Gasteiger partial charge on any atom is -0.372 e. The Morgan fingerprint density at radius 1 is 1.55 bits per heavy atom. The molecule has 0 aromatic rings. The molecule has 1 rings (SSSR count). The minimum absolute atomic E-state index is 0.550. The number of epoxide rings is 1. The van der Waals surface area contributed by atoms with E-state index in [4.69, 9.17) is 4.74 Å². The SMILES string of the molecule is CCN(CC(C)C)CC1CO1. The molecule has 0 bridgehead atoms. The topological polar surface area (TPSA) is 15.8 Å². The van der Waals surface area contributed by atoms with E-state index in [1.54, 1.807) is 0 Å². The zero-order chi connectivity index (χ0) is 8.27. The standard InChI is InChI=1S/C9H19NO/c1-4-10(5-8(2)3)6-9-7-11-9/h8-9H,4-7H2,1-3H3. The Bertz CT molecular complexity index is 106. The van der Waals surface area contributed by atoms with E-state index in [1.165, 1.54) is 6.54 Å². The van der Waals surface area contributed by atoms with Crippen LogP contribution in [-0.2, 0) is 4.74 Å². The van der Waals surface area contributed by atoms with Crippen molar-refractivity contribution in [1.29, 1.82) is 0 Å². The Morgan fingerprint density at radius 2 is 2.18 bits per heavy atom. The van der Waals surface area contributed by atoms with Gasteiger partial charge in [0.25, 0.3) is 0 Å². The number of nitrogens with zero attached hydrogens (tertiary/aromatic N) is 1. The fourth-order valence-corrected chi connectivity index (χ4v) is 1.31. The molecule has 11 heavy (non-hydrogen) atoms. The molecule has 2 nitrogen and oxygen atoms in total. The molecule has 0 amide bonds. The molecular weight excluding hydrogens is 138 g/mol. The molecule has 0 radical (unpaired) electrons. The average molecular weight is 157 g/mol. The maximum absolute atomic E-state index is 5.18. The van der Waals surface area contributed by atoms with Crippen molar-refractivity contribution in [2.75, 3.05) is 26.2 Å². The van der Waals surface area contributed by atoms with Gasteiger partial charge in [0.1, 0.15) is 0 Å². The highest BCUT2D eigenvalue weighted by Gasteiger charge is 2.24. The molecule has 1 aliphatic rings. The first-order chi connectivity index (χ1) is 5.22. The van der Waals surface area contributed by atoms with Crippen LogP contribution >= 0.6 is 0 Å². The summed E-state index contributed by atoms with van der Waals surface area (Å²) in [5, 5.41) is 0. The third kappa shape index (κ3) is 3.73. The molecular formula is C9H19NO. The van der Waals surface area contributed by atoms with E-state index in [0.717, 1.165) is 25.6 Å². The Labute approximate surface area is 69.5 Å². The van der Waals surface area contributed by atoms with Crippen molar-refractivity contribution in [3.63, 3.8) is 0 Å². The summed E-state index contributed by atoms with van der Waals surface area (Å²) in [6.45, 7) is 11.2. The van der Waals surface area contributed by atoms with Gasteiger partial charge in [-0.15, -0.1) is 0 Å². The van der Waals surface area contributed by atoms with Crippen LogP contribution in [-0.4, -0.2) is 37.2 Å². The molecule has 0 saturated carbocycles. The van der Waals surface area contributed by atoms with Crippen LogP contribution in [0.25, 0.3) is 0 Å². The molecule has 1 heterocycles. The number of rotatable bonds is 5. The van der Waals surface area contributed by atoms with Crippen LogP contribution < -0.4 is 0 Å². The summed E-state index contributed by atoms with van der Waals surface area (Å²) in [6.07, 6.45) is 0.550. The smallest absolute Gasteiger partial charge is 0.0936 e. The molecule has 0 aromatic carbocycles. The van der Waals surface area contributed by atoms with Crippen molar-refractivity contribution in [2.24, 2.45) is 5.92 Å². The Balaban J connectivity index is 2.12. The Kier molecular flexibility index (Phi) is 3.34. The number of hydrogen-bond donors (Lipinski definition) is 0. The molecule has 2 heteroatoms. The fourth-order valence-electron chi connectivity index (χ4n) is 1.31. The van der Waals surface area contributed by atoms with E-state index >= 15 is 0 Å². The molecule has 1 unspecified atom stereocenters. The van der Waals surface area contributed by atoms with Crippen molar-refractivity contribution in [2.45, 2.75) is 26.9 Å². The molecule has 0 aliphatic carbocycles. The lowest BCUT2D eigenvalue weighted by atomic mass is 10.2. The van der Waals surface area contributed by atoms with Gasteiger partial charge >= 0.3 is 0 Å². The zero-order valence-corrected chi connectivity index (χ0v) is 7.84. The Hall–Kier alpha value is -0.0800. The molecule has 0 spiro atoms. The molecule has 66 valence electrons. The highest BCUT2D eigenvalue weighted by molar-refractivity contribution is 4.74. The van der Waals surface area contributed by atoms with Gasteiger partial charge < -0.3 is 9.64 Å². The summed E-state index contributed by atoms with van der Waals surface area (Å²) in [7, 11) is 0. The van der Waals surface area contributed by atoms with Crippen LogP contribution in [0.15, 0.2) is 0 Å². The molecule has 0 N–H and O–H groups in total. The maximum atomic E-state index is 5.18. The lowest BCUT2D eigenvalue weighted by Crippen LogP contribution is -2.31. The highest BCUT2D eigenvalue weighted by Crippen LogP contribution is 2.11. The lowest BCUT2D eigenvalue weighted by Gasteiger charge is -2.21. The highest BCUT2D eigenvalue weighted by atomic mass is 16.6. The van der Waals surface area contributed by atoms with Crippen LogP contribution in [0.4, 0.5) is 0 Å². The van der Waals surface area contributed by atoms with Gasteiger partial charge in [-0.1, -0.05) is 20.8 Å². The van der Waals surface area contributed by atoms with Gasteiger partial charge in [0.15, 0.2) is 0 Å². The summed E-state index contributed by atoms with van der Waals surface area (Å²) in [6, 6.07) is 0. The van der Waals surface area contributed by atoms with Crippen molar-refractivity contribution in [3.05, 3.63) is 0 Å². The molecule has 1 fully saturated rings. The first-order valence-corrected chi connectivity index (χ1v) is 4.56. The molecule has 1 aliphatic heterocycles. The van der Waals surface area contributed by atoms with Gasteiger partial charge in [-0.25, -0.2) is 0 Å². The first-order valence-electron chi connectivity index (χ1n) is 4.56. The lowest BCUT2D eigenvalue weighted by molar-refractivity contribution is 0.229. The van der Waals surface area contributed by atoms with Gasteiger partial charge in [-0.3, -0.25) is 0 Å².